The van der Waals surface area contributed by atoms with Crippen LogP contribution in [0.3, 0.4) is 0 Å². The Morgan fingerprint density at radius 1 is 0.944 bits per heavy atom. The molecule has 8 nitrogen and oxygen atoms in total. The van der Waals surface area contributed by atoms with Gasteiger partial charge in [-0.3, -0.25) is 4.79 Å². The van der Waals surface area contributed by atoms with E-state index in [2.05, 4.69) is 35.8 Å². The number of rotatable bonds is 2. The molecule has 3 rings (SSSR count). The summed E-state index contributed by atoms with van der Waals surface area (Å²) in [5.74, 6) is 0. The predicted molar refractivity (Wildman–Crippen MR) is 62.6 cm³/mol. The van der Waals surface area contributed by atoms with E-state index < -0.39 is 0 Å². The number of aryl methyl sites for hydroxylation is 1. The van der Waals surface area contributed by atoms with E-state index in [0.29, 0.717) is 17.1 Å². The number of H-pyrrole nitrogens is 3. The van der Waals surface area contributed by atoms with Crippen LogP contribution in [0.4, 0.5) is 0 Å². The topological polar surface area (TPSA) is 116 Å². The maximum absolute atomic E-state index is 11.0. The van der Waals surface area contributed by atoms with Crippen LogP contribution in [0.1, 0.15) is 5.69 Å². The number of hydrogen-bond acceptors (Lipinski definition) is 5. The normalized spacial score (nSPS) is 10.7. The Kier molecular flexibility index (Phi) is 2.26. The monoisotopic (exact) mass is 243 g/mol. The van der Waals surface area contributed by atoms with Gasteiger partial charge in [0.05, 0.1) is 5.69 Å². The Hall–Kier alpha value is -2.77. The fourth-order valence-corrected chi connectivity index (χ4v) is 1.66. The molecule has 0 saturated heterocycles. The van der Waals surface area contributed by atoms with E-state index in [1.54, 1.807) is 12.3 Å². The van der Waals surface area contributed by atoms with Gasteiger partial charge in [0, 0.05) is 17.8 Å². The second-order valence-corrected chi connectivity index (χ2v) is 3.72. The lowest BCUT2D eigenvalue weighted by atomic mass is 10.1. The number of nitrogens with one attached hydrogen (secondary N) is 3. The Labute approximate surface area is 100 Å². The maximum Gasteiger partial charge on any atom is 0.247 e. The van der Waals surface area contributed by atoms with Gasteiger partial charge in [0.15, 0.2) is 0 Å². The van der Waals surface area contributed by atoms with Crippen molar-refractivity contribution >= 4 is 0 Å². The predicted octanol–water partition coefficient (Wildman–Crippen LogP) is 0.254. The van der Waals surface area contributed by atoms with Gasteiger partial charge in [0.2, 0.25) is 5.56 Å². The van der Waals surface area contributed by atoms with E-state index in [1.165, 1.54) is 6.07 Å². The molecule has 3 aromatic heterocycles. The largest absolute Gasteiger partial charge is 0.328 e. The minimum Gasteiger partial charge on any atom is -0.328 e. The summed E-state index contributed by atoms with van der Waals surface area (Å²) in [6.45, 7) is 1.82. The molecular formula is C10H9N7O. The molecule has 3 N–H and O–H groups in total. The number of aromatic nitrogens is 7. The highest BCUT2D eigenvalue weighted by Gasteiger charge is 2.17. The lowest BCUT2D eigenvalue weighted by Gasteiger charge is -1.97. The summed E-state index contributed by atoms with van der Waals surface area (Å²) in [4.78, 5) is 13.6. The molecule has 0 saturated carbocycles. The summed E-state index contributed by atoms with van der Waals surface area (Å²) in [6, 6.07) is 3.11. The van der Waals surface area contributed by atoms with E-state index in [-0.39, 0.29) is 5.56 Å². The van der Waals surface area contributed by atoms with Crippen molar-refractivity contribution in [1.29, 1.82) is 0 Å². The summed E-state index contributed by atoms with van der Waals surface area (Å²) in [5.41, 5.74) is 3.15. The summed E-state index contributed by atoms with van der Waals surface area (Å²) in [5, 5.41) is 21.2. The minimum absolute atomic E-state index is 0.165. The first-order valence-corrected chi connectivity index (χ1v) is 5.23. The highest BCUT2D eigenvalue weighted by Crippen LogP contribution is 2.26. The highest BCUT2D eigenvalue weighted by molar-refractivity contribution is 5.75. The van der Waals surface area contributed by atoms with Gasteiger partial charge in [-0.2, -0.15) is 30.8 Å². The molecule has 0 aromatic carbocycles. The first-order chi connectivity index (χ1) is 8.75. The third kappa shape index (κ3) is 1.59. The van der Waals surface area contributed by atoms with Crippen LogP contribution in [-0.2, 0) is 0 Å². The fraction of sp³-hybridized carbons (Fsp3) is 0.100. The maximum atomic E-state index is 11.0. The van der Waals surface area contributed by atoms with Crippen molar-refractivity contribution in [2.75, 3.05) is 0 Å². The van der Waals surface area contributed by atoms with Crippen molar-refractivity contribution in [2.24, 2.45) is 0 Å². The quantitative estimate of drug-likeness (QED) is 0.596. The summed E-state index contributed by atoms with van der Waals surface area (Å²) < 4.78 is 0. The van der Waals surface area contributed by atoms with Crippen LogP contribution in [0.5, 0.6) is 0 Å². The van der Waals surface area contributed by atoms with Gasteiger partial charge in [-0.25, -0.2) is 0 Å². The second kappa shape index (κ2) is 3.91. The molecule has 0 aliphatic rings. The second-order valence-electron chi connectivity index (χ2n) is 3.72. The van der Waals surface area contributed by atoms with E-state index in [0.717, 1.165) is 11.3 Å². The standard InChI is InChI=1S/C10H9N7O/c1-5-8(13-16-12-5)10-9(14-17-15-10)6-2-3-7(18)11-4-6/h2-4H,1H3,(H,11,18)(H,12,13,16)(H,14,15,17). The summed E-state index contributed by atoms with van der Waals surface area (Å²) >= 11 is 0. The van der Waals surface area contributed by atoms with Crippen LogP contribution in [0.25, 0.3) is 22.6 Å². The van der Waals surface area contributed by atoms with Crippen molar-refractivity contribution in [1.82, 2.24) is 35.8 Å². The van der Waals surface area contributed by atoms with Gasteiger partial charge in [-0.15, -0.1) is 0 Å². The van der Waals surface area contributed by atoms with Crippen molar-refractivity contribution in [3.05, 3.63) is 34.4 Å². The van der Waals surface area contributed by atoms with E-state index in [4.69, 9.17) is 0 Å². The third-order valence-corrected chi connectivity index (χ3v) is 2.55. The van der Waals surface area contributed by atoms with Crippen LogP contribution in [0.15, 0.2) is 23.1 Å². The first-order valence-electron chi connectivity index (χ1n) is 5.23. The zero-order chi connectivity index (χ0) is 12.5. The van der Waals surface area contributed by atoms with E-state index in [9.17, 15) is 4.79 Å². The fourth-order valence-electron chi connectivity index (χ4n) is 1.66. The van der Waals surface area contributed by atoms with Crippen molar-refractivity contribution in [2.45, 2.75) is 6.92 Å². The Morgan fingerprint density at radius 2 is 1.67 bits per heavy atom. The molecule has 0 amide bonds. The summed E-state index contributed by atoms with van der Waals surface area (Å²) in [6.07, 6.45) is 1.58. The van der Waals surface area contributed by atoms with Crippen molar-refractivity contribution < 1.29 is 0 Å². The van der Waals surface area contributed by atoms with Crippen LogP contribution in [-0.4, -0.2) is 35.8 Å². The van der Waals surface area contributed by atoms with Gasteiger partial charge in [0.1, 0.15) is 17.1 Å². The van der Waals surface area contributed by atoms with Crippen LogP contribution in [0, 0.1) is 6.92 Å². The molecule has 0 bridgehead atoms. The first kappa shape index (κ1) is 10.4. The Morgan fingerprint density at radius 3 is 2.33 bits per heavy atom. The summed E-state index contributed by atoms with van der Waals surface area (Å²) in [7, 11) is 0. The number of nitrogens with zero attached hydrogens (tertiary/aromatic N) is 4. The van der Waals surface area contributed by atoms with Crippen molar-refractivity contribution in [3.63, 3.8) is 0 Å². The van der Waals surface area contributed by atoms with Crippen LogP contribution in [0.2, 0.25) is 0 Å². The number of aromatic amines is 3. The minimum atomic E-state index is -0.165. The molecule has 3 aromatic rings. The van der Waals surface area contributed by atoms with Gasteiger partial charge < -0.3 is 4.98 Å². The average Bonchev–Trinajstić information content (AvgIpc) is 2.98. The lowest BCUT2D eigenvalue weighted by Crippen LogP contribution is -2.01. The molecule has 8 heteroatoms. The number of pyridine rings is 1. The smallest absolute Gasteiger partial charge is 0.247 e. The van der Waals surface area contributed by atoms with Gasteiger partial charge >= 0.3 is 0 Å². The molecule has 0 aliphatic heterocycles. The van der Waals surface area contributed by atoms with Gasteiger partial charge in [-0.05, 0) is 13.0 Å². The molecular weight excluding hydrogens is 234 g/mol. The molecule has 0 atom stereocenters. The molecule has 0 radical (unpaired) electrons. The van der Waals surface area contributed by atoms with Gasteiger partial charge in [0.25, 0.3) is 0 Å². The third-order valence-electron chi connectivity index (χ3n) is 2.55. The van der Waals surface area contributed by atoms with E-state index in [1.807, 2.05) is 6.92 Å². The molecule has 0 fully saturated rings. The van der Waals surface area contributed by atoms with Crippen LogP contribution >= 0.6 is 0 Å². The molecule has 0 unspecified atom stereocenters. The zero-order valence-corrected chi connectivity index (χ0v) is 9.43. The average molecular weight is 243 g/mol. The molecule has 90 valence electrons. The molecule has 0 aliphatic carbocycles. The highest BCUT2D eigenvalue weighted by atomic mass is 16.1. The lowest BCUT2D eigenvalue weighted by molar-refractivity contribution is 0.924. The molecule has 18 heavy (non-hydrogen) atoms. The zero-order valence-electron chi connectivity index (χ0n) is 9.43. The van der Waals surface area contributed by atoms with E-state index >= 15 is 0 Å². The Balaban J connectivity index is 2.15. The molecule has 0 spiro atoms. The van der Waals surface area contributed by atoms with Crippen molar-refractivity contribution in [3.8, 4) is 22.6 Å². The van der Waals surface area contributed by atoms with Gasteiger partial charge in [-0.1, -0.05) is 0 Å². The molecule has 3 heterocycles. The SMILES string of the molecule is Cc1n[nH]nc1-c1n[nH]nc1-c1ccc(=O)[nH]c1. The number of hydrogen-bond donors (Lipinski definition) is 3. The Bertz CT molecular complexity index is 718. The van der Waals surface area contributed by atoms with Crippen LogP contribution < -0.4 is 5.56 Å².